The summed E-state index contributed by atoms with van der Waals surface area (Å²) in [6, 6.07) is 15.1. The zero-order chi connectivity index (χ0) is 17.4. The first-order chi connectivity index (χ1) is 11.7. The van der Waals surface area contributed by atoms with E-state index in [-0.39, 0.29) is 5.71 Å². The number of hydroxylamine groups is 1. The van der Waals surface area contributed by atoms with E-state index in [2.05, 4.69) is 15.5 Å². The summed E-state index contributed by atoms with van der Waals surface area (Å²) >= 11 is 0. The quantitative estimate of drug-likeness (QED) is 0.626. The number of ether oxygens (including phenoxy) is 1. The Hall–Kier alpha value is -2.86. The molecule has 6 nitrogen and oxygen atoms in total. The van der Waals surface area contributed by atoms with Crippen molar-refractivity contribution in [3.8, 4) is 5.75 Å². The Balaban J connectivity index is 2.27. The number of aryl methyl sites for hydroxylation is 1. The van der Waals surface area contributed by atoms with Crippen LogP contribution >= 0.6 is 0 Å². The second-order valence-corrected chi connectivity index (χ2v) is 4.97. The highest BCUT2D eigenvalue weighted by Crippen LogP contribution is 2.19. The molecule has 0 aliphatic heterocycles. The third kappa shape index (κ3) is 4.33. The summed E-state index contributed by atoms with van der Waals surface area (Å²) in [6.45, 7) is 2.27. The second kappa shape index (κ2) is 8.69. The van der Waals surface area contributed by atoms with Crippen LogP contribution in [0.3, 0.4) is 0 Å². The van der Waals surface area contributed by atoms with Crippen LogP contribution in [0.1, 0.15) is 16.7 Å². The summed E-state index contributed by atoms with van der Waals surface area (Å²) in [7, 11) is 2.74. The van der Waals surface area contributed by atoms with E-state index in [0.717, 1.165) is 16.9 Å². The van der Waals surface area contributed by atoms with Crippen LogP contribution < -0.4 is 10.2 Å². The van der Waals surface area contributed by atoms with E-state index in [1.807, 2.05) is 49.4 Å². The van der Waals surface area contributed by atoms with Crippen LogP contribution in [0.25, 0.3) is 0 Å². The van der Waals surface area contributed by atoms with E-state index in [9.17, 15) is 4.79 Å². The molecule has 126 valence electrons. The molecule has 1 N–H and O–H groups in total. The Morgan fingerprint density at radius 1 is 1.08 bits per heavy atom. The molecule has 2 aromatic rings. The molecule has 6 heteroatoms. The van der Waals surface area contributed by atoms with Gasteiger partial charge in [-0.1, -0.05) is 47.6 Å². The molecule has 24 heavy (non-hydrogen) atoms. The summed E-state index contributed by atoms with van der Waals surface area (Å²) in [5, 5.41) is 3.82. The SMILES string of the molecule is CON=C(C(=O)NOC)c1ccccc1COc1ccccc1C. The number of hydrogen-bond donors (Lipinski definition) is 1. The molecule has 0 radical (unpaired) electrons. The Morgan fingerprint density at radius 3 is 2.50 bits per heavy atom. The maximum Gasteiger partial charge on any atom is 0.297 e. The minimum Gasteiger partial charge on any atom is -0.489 e. The fourth-order valence-electron chi connectivity index (χ4n) is 2.20. The summed E-state index contributed by atoms with van der Waals surface area (Å²) in [4.78, 5) is 21.6. The second-order valence-electron chi connectivity index (χ2n) is 4.97. The normalized spacial score (nSPS) is 11.0. The lowest BCUT2D eigenvalue weighted by molar-refractivity contribution is -0.124. The Labute approximate surface area is 141 Å². The van der Waals surface area contributed by atoms with Gasteiger partial charge in [-0.05, 0) is 24.1 Å². The first-order valence-corrected chi connectivity index (χ1v) is 7.38. The third-order valence-corrected chi connectivity index (χ3v) is 3.34. The van der Waals surface area contributed by atoms with Gasteiger partial charge in [0.2, 0.25) is 0 Å². The molecule has 1 amide bonds. The molecule has 0 saturated heterocycles. The lowest BCUT2D eigenvalue weighted by atomic mass is 10.0. The smallest absolute Gasteiger partial charge is 0.297 e. The lowest BCUT2D eigenvalue weighted by Crippen LogP contribution is -2.31. The number of para-hydroxylation sites is 1. The minimum atomic E-state index is -0.498. The largest absolute Gasteiger partial charge is 0.489 e. The molecule has 0 fully saturated rings. The summed E-state index contributed by atoms with van der Waals surface area (Å²) < 4.78 is 5.87. The average molecular weight is 328 g/mol. The minimum absolute atomic E-state index is 0.114. The van der Waals surface area contributed by atoms with Crippen molar-refractivity contribution in [2.45, 2.75) is 13.5 Å². The fourth-order valence-corrected chi connectivity index (χ4v) is 2.20. The molecule has 0 atom stereocenters. The van der Waals surface area contributed by atoms with E-state index in [4.69, 9.17) is 9.57 Å². The molecular weight excluding hydrogens is 308 g/mol. The van der Waals surface area contributed by atoms with E-state index < -0.39 is 5.91 Å². The number of benzene rings is 2. The first-order valence-electron chi connectivity index (χ1n) is 7.38. The van der Waals surface area contributed by atoms with Crippen molar-refractivity contribution in [2.75, 3.05) is 14.2 Å². The van der Waals surface area contributed by atoms with Crippen molar-refractivity contribution < 1.29 is 19.2 Å². The van der Waals surface area contributed by atoms with Gasteiger partial charge >= 0.3 is 0 Å². The number of rotatable bonds is 7. The number of amides is 1. The topological polar surface area (TPSA) is 69.2 Å². The van der Waals surface area contributed by atoms with Crippen LogP contribution in [-0.2, 0) is 21.1 Å². The molecule has 0 saturated carbocycles. The van der Waals surface area contributed by atoms with Gasteiger partial charge in [0.1, 0.15) is 19.5 Å². The van der Waals surface area contributed by atoms with E-state index >= 15 is 0 Å². The zero-order valence-electron chi connectivity index (χ0n) is 13.9. The fraction of sp³-hybridized carbons (Fsp3) is 0.222. The maximum absolute atomic E-state index is 12.1. The van der Waals surface area contributed by atoms with Crippen molar-refractivity contribution in [2.24, 2.45) is 5.16 Å². The Morgan fingerprint density at radius 2 is 1.79 bits per heavy atom. The maximum atomic E-state index is 12.1. The van der Waals surface area contributed by atoms with Gasteiger partial charge in [0.15, 0.2) is 5.71 Å². The first kappa shape index (κ1) is 17.5. The molecule has 2 aromatic carbocycles. The number of hydrogen-bond acceptors (Lipinski definition) is 5. The number of oxime groups is 1. The van der Waals surface area contributed by atoms with Gasteiger partial charge in [-0.2, -0.15) is 0 Å². The highest BCUT2D eigenvalue weighted by atomic mass is 16.6. The highest BCUT2D eigenvalue weighted by Gasteiger charge is 2.18. The highest BCUT2D eigenvalue weighted by molar-refractivity contribution is 6.45. The van der Waals surface area contributed by atoms with Crippen LogP contribution in [0.4, 0.5) is 0 Å². The van der Waals surface area contributed by atoms with Crippen molar-refractivity contribution >= 4 is 11.6 Å². The van der Waals surface area contributed by atoms with Crippen LogP contribution in [0.15, 0.2) is 53.7 Å². The Bertz CT molecular complexity index is 728. The molecule has 0 aliphatic rings. The third-order valence-electron chi connectivity index (χ3n) is 3.34. The zero-order valence-corrected chi connectivity index (χ0v) is 13.9. The number of nitrogens with zero attached hydrogens (tertiary/aromatic N) is 1. The molecule has 0 unspecified atom stereocenters. The molecule has 0 bridgehead atoms. The standard InChI is InChI=1S/C18H20N2O4/c1-13-8-4-7-11-16(13)24-12-14-9-5-6-10-15(14)17(19-22-2)18(21)20-23-3/h4-11H,12H2,1-3H3,(H,20,21). The van der Waals surface area contributed by atoms with Crippen molar-refractivity contribution in [3.63, 3.8) is 0 Å². The number of carbonyl (C=O) groups excluding carboxylic acids is 1. The molecule has 0 aromatic heterocycles. The molecular formula is C18H20N2O4. The predicted octanol–water partition coefficient (Wildman–Crippen LogP) is 2.60. The molecule has 0 spiro atoms. The number of nitrogens with one attached hydrogen (secondary N) is 1. The molecule has 0 heterocycles. The van der Waals surface area contributed by atoms with Crippen molar-refractivity contribution in [3.05, 3.63) is 65.2 Å². The van der Waals surface area contributed by atoms with Gasteiger partial charge in [0.05, 0.1) is 7.11 Å². The lowest BCUT2D eigenvalue weighted by Gasteiger charge is -2.13. The van der Waals surface area contributed by atoms with Crippen LogP contribution in [0, 0.1) is 6.92 Å². The van der Waals surface area contributed by atoms with E-state index in [1.165, 1.54) is 14.2 Å². The Kier molecular flexibility index (Phi) is 6.33. The van der Waals surface area contributed by atoms with Crippen molar-refractivity contribution in [1.82, 2.24) is 5.48 Å². The van der Waals surface area contributed by atoms with E-state index in [0.29, 0.717) is 12.2 Å². The van der Waals surface area contributed by atoms with Crippen molar-refractivity contribution in [1.29, 1.82) is 0 Å². The summed E-state index contributed by atoms with van der Waals surface area (Å²) in [5.74, 6) is 0.293. The van der Waals surface area contributed by atoms with Crippen LogP contribution in [0.2, 0.25) is 0 Å². The van der Waals surface area contributed by atoms with Gasteiger partial charge in [-0.3, -0.25) is 9.63 Å². The van der Waals surface area contributed by atoms with Crippen LogP contribution in [0.5, 0.6) is 5.75 Å². The predicted molar refractivity (Wildman–Crippen MR) is 90.7 cm³/mol. The van der Waals surface area contributed by atoms with Gasteiger partial charge < -0.3 is 9.57 Å². The average Bonchev–Trinajstić information content (AvgIpc) is 2.59. The monoisotopic (exact) mass is 328 g/mol. The molecule has 0 aliphatic carbocycles. The van der Waals surface area contributed by atoms with Gasteiger partial charge in [-0.25, -0.2) is 5.48 Å². The van der Waals surface area contributed by atoms with Gasteiger partial charge in [0.25, 0.3) is 5.91 Å². The van der Waals surface area contributed by atoms with Gasteiger partial charge in [0, 0.05) is 5.56 Å². The number of carbonyl (C=O) groups is 1. The summed E-state index contributed by atoms with van der Waals surface area (Å²) in [6.07, 6.45) is 0. The van der Waals surface area contributed by atoms with Gasteiger partial charge in [-0.15, -0.1) is 0 Å². The van der Waals surface area contributed by atoms with E-state index in [1.54, 1.807) is 6.07 Å². The van der Waals surface area contributed by atoms with Crippen LogP contribution in [-0.4, -0.2) is 25.8 Å². The summed E-state index contributed by atoms with van der Waals surface area (Å²) in [5.41, 5.74) is 4.82. The molecule has 2 rings (SSSR count).